The first-order valence-electron chi connectivity index (χ1n) is 4.12. The van der Waals surface area contributed by atoms with Crippen LogP contribution in [0.1, 0.15) is 25.3 Å². The van der Waals surface area contributed by atoms with E-state index in [9.17, 15) is 0 Å². The first kappa shape index (κ1) is 7.28. The van der Waals surface area contributed by atoms with Gasteiger partial charge in [0.2, 0.25) is 6.33 Å². The summed E-state index contributed by atoms with van der Waals surface area (Å²) in [6, 6.07) is 4.13. The average Bonchev–Trinajstić information content (AvgIpc) is 2.49. The number of hydrogen-bond acceptors (Lipinski definition) is 1. The van der Waals surface area contributed by atoms with E-state index in [1.54, 1.807) is 6.33 Å². The monoisotopic (exact) mass is 162 g/mol. The minimum atomic E-state index is 0.560. The van der Waals surface area contributed by atoms with Gasteiger partial charge in [0.25, 0.3) is 0 Å². The number of pyridine rings is 1. The fraction of sp³-hybridized carbons (Fsp3) is 0.333. The van der Waals surface area contributed by atoms with Crippen molar-refractivity contribution in [3.05, 3.63) is 30.2 Å². The Morgan fingerprint density at radius 1 is 1.42 bits per heavy atom. The highest BCUT2D eigenvalue weighted by molar-refractivity contribution is 5.29. The predicted molar refractivity (Wildman–Crippen MR) is 45.8 cm³/mol. The number of hydrogen-bond donors (Lipinski definition) is 1. The van der Waals surface area contributed by atoms with E-state index in [2.05, 4.69) is 36.2 Å². The standard InChI is InChI=1S/C9H11N3/c1-7(2)8-3-4-9-10-6-11-12(9)5-8/h3-7H,1-2H3/p+1. The number of fused-ring (bicyclic) bond motifs is 1. The summed E-state index contributed by atoms with van der Waals surface area (Å²) in [4.78, 5) is 4.13. The lowest BCUT2D eigenvalue weighted by Crippen LogP contribution is -2.23. The van der Waals surface area contributed by atoms with E-state index in [1.807, 2.05) is 10.6 Å². The Labute approximate surface area is 71.1 Å². The number of nitrogens with zero attached hydrogens (tertiary/aromatic N) is 2. The molecule has 0 aliphatic heterocycles. The Kier molecular flexibility index (Phi) is 1.57. The summed E-state index contributed by atoms with van der Waals surface area (Å²) < 4.78 is 1.93. The van der Waals surface area contributed by atoms with E-state index in [1.165, 1.54) is 5.56 Å². The second-order valence-corrected chi connectivity index (χ2v) is 3.23. The first-order valence-corrected chi connectivity index (χ1v) is 4.12. The lowest BCUT2D eigenvalue weighted by Gasteiger charge is -2.00. The van der Waals surface area contributed by atoms with Gasteiger partial charge in [0, 0.05) is 6.07 Å². The van der Waals surface area contributed by atoms with Crippen molar-refractivity contribution in [3.63, 3.8) is 0 Å². The highest BCUT2D eigenvalue weighted by Crippen LogP contribution is 2.11. The van der Waals surface area contributed by atoms with Gasteiger partial charge in [-0.25, -0.2) is 0 Å². The second kappa shape index (κ2) is 2.59. The number of aromatic nitrogens is 3. The summed E-state index contributed by atoms with van der Waals surface area (Å²) in [5.41, 5.74) is 2.27. The van der Waals surface area contributed by atoms with Gasteiger partial charge in [0.15, 0.2) is 0 Å². The molecule has 0 bridgehead atoms. The summed E-state index contributed by atoms with van der Waals surface area (Å²) in [6.07, 6.45) is 3.77. The molecule has 0 amide bonds. The summed E-state index contributed by atoms with van der Waals surface area (Å²) in [7, 11) is 0. The molecule has 0 spiro atoms. The van der Waals surface area contributed by atoms with Gasteiger partial charge in [-0.1, -0.05) is 13.8 Å². The summed E-state index contributed by atoms with van der Waals surface area (Å²) >= 11 is 0. The third-order valence-electron chi connectivity index (χ3n) is 2.01. The van der Waals surface area contributed by atoms with Gasteiger partial charge >= 0.3 is 5.65 Å². The van der Waals surface area contributed by atoms with Crippen LogP contribution in [0.2, 0.25) is 0 Å². The van der Waals surface area contributed by atoms with Gasteiger partial charge in [0.05, 0.1) is 0 Å². The smallest absolute Gasteiger partial charge is 0.189 e. The second-order valence-electron chi connectivity index (χ2n) is 3.23. The van der Waals surface area contributed by atoms with Crippen LogP contribution in [0.4, 0.5) is 0 Å². The maximum absolute atomic E-state index is 4.13. The molecule has 0 unspecified atom stereocenters. The number of rotatable bonds is 1. The molecular formula is C9H12N3+. The minimum absolute atomic E-state index is 0.560. The Balaban J connectivity index is 2.60. The Morgan fingerprint density at radius 2 is 2.25 bits per heavy atom. The molecule has 2 aromatic heterocycles. The van der Waals surface area contributed by atoms with Gasteiger partial charge in [-0.15, -0.1) is 4.52 Å². The minimum Gasteiger partial charge on any atom is -0.189 e. The summed E-state index contributed by atoms with van der Waals surface area (Å²) in [6.45, 7) is 4.36. The van der Waals surface area contributed by atoms with Crippen molar-refractivity contribution in [1.82, 2.24) is 10.1 Å². The summed E-state index contributed by atoms with van der Waals surface area (Å²) in [5.74, 6) is 0.560. The van der Waals surface area contributed by atoms with Crippen LogP contribution < -0.4 is 4.52 Å². The van der Waals surface area contributed by atoms with Gasteiger partial charge in [0.1, 0.15) is 6.20 Å². The molecule has 2 heterocycles. The molecule has 0 saturated carbocycles. The molecule has 3 heteroatoms. The number of aromatic amines is 1. The highest BCUT2D eigenvalue weighted by Gasteiger charge is 2.06. The quantitative estimate of drug-likeness (QED) is 0.629. The zero-order chi connectivity index (χ0) is 8.55. The average molecular weight is 162 g/mol. The normalized spacial score (nSPS) is 11.2. The lowest BCUT2D eigenvalue weighted by atomic mass is 10.1. The van der Waals surface area contributed by atoms with E-state index in [4.69, 9.17) is 0 Å². The molecule has 0 saturated heterocycles. The third kappa shape index (κ3) is 1.07. The molecule has 1 N–H and O–H groups in total. The largest absolute Gasteiger partial charge is 0.348 e. The third-order valence-corrected chi connectivity index (χ3v) is 2.01. The van der Waals surface area contributed by atoms with Crippen LogP contribution in [-0.4, -0.2) is 10.1 Å². The Morgan fingerprint density at radius 3 is 3.00 bits per heavy atom. The van der Waals surface area contributed by atoms with E-state index in [0.29, 0.717) is 5.92 Å². The van der Waals surface area contributed by atoms with Crippen LogP contribution in [0.3, 0.4) is 0 Å². The van der Waals surface area contributed by atoms with Crippen molar-refractivity contribution in [3.8, 4) is 0 Å². The molecular weight excluding hydrogens is 150 g/mol. The maximum atomic E-state index is 4.13. The van der Waals surface area contributed by atoms with Crippen LogP contribution in [0.15, 0.2) is 24.7 Å². The van der Waals surface area contributed by atoms with Crippen LogP contribution in [0, 0.1) is 0 Å². The number of H-pyrrole nitrogens is 1. The molecule has 0 aliphatic carbocycles. The number of nitrogens with one attached hydrogen (secondary N) is 1. The molecule has 0 atom stereocenters. The molecule has 2 rings (SSSR count). The fourth-order valence-corrected chi connectivity index (χ4v) is 1.22. The lowest BCUT2D eigenvalue weighted by molar-refractivity contribution is -0.578. The van der Waals surface area contributed by atoms with E-state index >= 15 is 0 Å². The van der Waals surface area contributed by atoms with Crippen molar-refractivity contribution >= 4 is 5.65 Å². The zero-order valence-electron chi connectivity index (χ0n) is 7.28. The first-order chi connectivity index (χ1) is 5.77. The van der Waals surface area contributed by atoms with Crippen molar-refractivity contribution in [2.45, 2.75) is 19.8 Å². The van der Waals surface area contributed by atoms with Gasteiger partial charge in [-0.3, -0.25) is 0 Å². The van der Waals surface area contributed by atoms with Crippen molar-refractivity contribution in [1.29, 1.82) is 0 Å². The zero-order valence-corrected chi connectivity index (χ0v) is 7.28. The molecule has 62 valence electrons. The molecule has 0 fully saturated rings. The van der Waals surface area contributed by atoms with Crippen LogP contribution in [0.25, 0.3) is 5.65 Å². The molecule has 2 aromatic rings. The van der Waals surface area contributed by atoms with E-state index in [-0.39, 0.29) is 0 Å². The SMILES string of the molecule is CC(C)c1ccc2nc[nH][n+]2c1. The molecule has 3 nitrogen and oxygen atoms in total. The molecule has 12 heavy (non-hydrogen) atoms. The van der Waals surface area contributed by atoms with Gasteiger partial charge in [-0.05, 0) is 22.5 Å². The maximum Gasteiger partial charge on any atom is 0.348 e. The molecule has 0 aliphatic rings. The van der Waals surface area contributed by atoms with Crippen LogP contribution in [-0.2, 0) is 0 Å². The molecule has 0 aromatic carbocycles. The van der Waals surface area contributed by atoms with Crippen molar-refractivity contribution in [2.24, 2.45) is 0 Å². The van der Waals surface area contributed by atoms with Gasteiger partial charge in [-0.2, -0.15) is 5.10 Å². The van der Waals surface area contributed by atoms with Crippen LogP contribution in [0.5, 0.6) is 0 Å². The van der Waals surface area contributed by atoms with E-state index < -0.39 is 0 Å². The van der Waals surface area contributed by atoms with Crippen molar-refractivity contribution < 1.29 is 4.52 Å². The van der Waals surface area contributed by atoms with Crippen LogP contribution >= 0.6 is 0 Å². The Hall–Kier alpha value is -1.38. The fourth-order valence-electron chi connectivity index (χ4n) is 1.22. The Bertz CT molecular complexity index is 389. The van der Waals surface area contributed by atoms with E-state index in [0.717, 1.165) is 5.65 Å². The highest BCUT2D eigenvalue weighted by atomic mass is 15.3. The summed E-state index contributed by atoms with van der Waals surface area (Å²) in [5, 5.41) is 3.02. The molecule has 0 radical (unpaired) electrons. The van der Waals surface area contributed by atoms with Gasteiger partial charge < -0.3 is 0 Å². The van der Waals surface area contributed by atoms with Crippen molar-refractivity contribution in [2.75, 3.05) is 0 Å². The topological polar surface area (TPSA) is 32.8 Å². The predicted octanol–water partition coefficient (Wildman–Crippen LogP) is 1.27.